The van der Waals surface area contributed by atoms with Crippen LogP contribution in [0.2, 0.25) is 0 Å². The molecule has 0 radical (unpaired) electrons. The molecule has 168 valence electrons. The van der Waals surface area contributed by atoms with Crippen LogP contribution < -0.4 is 10.1 Å². The lowest BCUT2D eigenvalue weighted by atomic mass is 10.0. The quantitative estimate of drug-likeness (QED) is 0.615. The van der Waals surface area contributed by atoms with E-state index in [1.54, 1.807) is 13.4 Å². The lowest BCUT2D eigenvalue weighted by Gasteiger charge is -2.35. The van der Waals surface area contributed by atoms with Crippen LogP contribution >= 0.6 is 0 Å². The van der Waals surface area contributed by atoms with Crippen LogP contribution in [0.5, 0.6) is 5.75 Å². The van der Waals surface area contributed by atoms with Gasteiger partial charge in [0, 0.05) is 30.6 Å². The van der Waals surface area contributed by atoms with Crippen LogP contribution in [0.3, 0.4) is 0 Å². The lowest BCUT2D eigenvalue weighted by Crippen LogP contribution is -2.44. The first-order chi connectivity index (χ1) is 15.7. The molecule has 0 spiro atoms. The van der Waals surface area contributed by atoms with Crippen LogP contribution in [0.1, 0.15) is 34.7 Å². The zero-order chi connectivity index (χ0) is 21.9. The molecule has 6 nitrogen and oxygen atoms in total. The first-order valence-corrected chi connectivity index (χ1v) is 11.5. The second-order valence-electron chi connectivity index (χ2n) is 8.65. The van der Waals surface area contributed by atoms with E-state index in [0.29, 0.717) is 26.2 Å². The third-order valence-corrected chi connectivity index (χ3v) is 6.70. The van der Waals surface area contributed by atoms with Gasteiger partial charge < -0.3 is 19.2 Å². The molecule has 5 rings (SSSR count). The fourth-order valence-electron chi connectivity index (χ4n) is 4.90. The summed E-state index contributed by atoms with van der Waals surface area (Å²) < 4.78 is 16.6. The molecule has 2 aromatic carbocycles. The third-order valence-electron chi connectivity index (χ3n) is 6.70. The molecular formula is C26H30N2O4. The van der Waals surface area contributed by atoms with E-state index >= 15 is 0 Å². The maximum absolute atomic E-state index is 12.9. The Morgan fingerprint density at radius 2 is 1.88 bits per heavy atom. The topological polar surface area (TPSA) is 63.9 Å². The van der Waals surface area contributed by atoms with Gasteiger partial charge in [0.25, 0.3) is 0 Å². The predicted molar refractivity (Wildman–Crippen MR) is 123 cm³/mol. The van der Waals surface area contributed by atoms with Crippen LogP contribution in [0, 0.1) is 0 Å². The molecule has 32 heavy (non-hydrogen) atoms. The van der Waals surface area contributed by atoms with Crippen LogP contribution in [-0.4, -0.2) is 50.8 Å². The molecule has 1 aromatic heterocycles. The Kier molecular flexibility index (Phi) is 6.14. The number of ether oxygens (including phenoxy) is 2. The van der Waals surface area contributed by atoms with E-state index in [0.717, 1.165) is 53.8 Å². The maximum atomic E-state index is 12.9. The number of aryl methyl sites for hydroxylation is 2. The van der Waals surface area contributed by atoms with Crippen molar-refractivity contribution < 1.29 is 18.7 Å². The van der Waals surface area contributed by atoms with E-state index in [1.807, 2.05) is 12.1 Å². The van der Waals surface area contributed by atoms with Gasteiger partial charge in [0.05, 0.1) is 39.0 Å². The zero-order valence-electron chi connectivity index (χ0n) is 18.6. The SMILES string of the molecule is COc1ccc(C(CNC(=O)Cc2coc3cc4c(cc23)CCC4)N2CCOCC2)cc1. The van der Waals surface area contributed by atoms with Crippen molar-refractivity contribution in [1.29, 1.82) is 0 Å². The molecule has 1 N–H and O–H groups in total. The Labute approximate surface area is 188 Å². The smallest absolute Gasteiger partial charge is 0.224 e. The number of nitrogens with zero attached hydrogens (tertiary/aromatic N) is 1. The van der Waals surface area contributed by atoms with Crippen LogP contribution in [-0.2, 0) is 28.8 Å². The number of benzene rings is 2. The fraction of sp³-hybridized carbons (Fsp3) is 0.423. The third kappa shape index (κ3) is 4.38. The molecule has 1 fully saturated rings. The van der Waals surface area contributed by atoms with Crippen LogP contribution in [0.4, 0.5) is 0 Å². The Hall–Kier alpha value is -2.83. The summed E-state index contributed by atoms with van der Waals surface area (Å²) in [6.45, 7) is 3.68. The van der Waals surface area contributed by atoms with Gasteiger partial charge in [-0.3, -0.25) is 9.69 Å². The molecule has 0 saturated carbocycles. The highest BCUT2D eigenvalue weighted by molar-refractivity contribution is 5.88. The van der Waals surface area contributed by atoms with E-state index in [2.05, 4.69) is 34.5 Å². The van der Waals surface area contributed by atoms with Gasteiger partial charge in [-0.05, 0) is 60.2 Å². The summed E-state index contributed by atoms with van der Waals surface area (Å²) >= 11 is 0. The molecule has 1 atom stereocenters. The number of hydrogen-bond donors (Lipinski definition) is 1. The van der Waals surface area contributed by atoms with Crippen LogP contribution in [0.15, 0.2) is 47.1 Å². The Bertz CT molecular complexity index is 1080. The number of rotatable bonds is 7. The Balaban J connectivity index is 1.28. The van der Waals surface area contributed by atoms with E-state index in [4.69, 9.17) is 13.9 Å². The molecule has 2 heterocycles. The summed E-state index contributed by atoms with van der Waals surface area (Å²) in [6, 6.07) is 12.6. The summed E-state index contributed by atoms with van der Waals surface area (Å²) in [6.07, 6.45) is 5.50. The van der Waals surface area contributed by atoms with Crippen molar-refractivity contribution in [1.82, 2.24) is 10.2 Å². The lowest BCUT2D eigenvalue weighted by molar-refractivity contribution is -0.120. The minimum absolute atomic E-state index is 0.0139. The average Bonchev–Trinajstić information content (AvgIpc) is 3.45. The number of morpholine rings is 1. The molecule has 1 aliphatic heterocycles. The molecule has 1 amide bonds. The summed E-state index contributed by atoms with van der Waals surface area (Å²) in [5.41, 5.74) is 5.79. The number of furan rings is 1. The molecule has 1 saturated heterocycles. The molecule has 1 unspecified atom stereocenters. The van der Waals surface area contributed by atoms with E-state index in [9.17, 15) is 4.79 Å². The number of hydrogen-bond acceptors (Lipinski definition) is 5. The number of nitrogens with one attached hydrogen (secondary N) is 1. The molecule has 2 aliphatic rings. The number of amides is 1. The van der Waals surface area contributed by atoms with Crippen molar-refractivity contribution in [2.75, 3.05) is 40.0 Å². The molecule has 6 heteroatoms. The fourth-order valence-corrected chi connectivity index (χ4v) is 4.90. The summed E-state index contributed by atoms with van der Waals surface area (Å²) in [5.74, 6) is 0.844. The summed E-state index contributed by atoms with van der Waals surface area (Å²) in [5, 5.41) is 4.24. The van der Waals surface area contributed by atoms with E-state index < -0.39 is 0 Å². The standard InChI is InChI=1S/C26H30N2O4/c1-30-22-7-5-18(6-8-22)24(28-9-11-31-12-10-28)16-27-26(29)15-21-17-32-25-14-20-4-2-3-19(20)13-23(21)25/h5-8,13-14,17,24H,2-4,9-12,15-16H2,1H3,(H,27,29). The maximum Gasteiger partial charge on any atom is 0.224 e. The largest absolute Gasteiger partial charge is 0.497 e. The minimum atomic E-state index is 0.0139. The second-order valence-corrected chi connectivity index (χ2v) is 8.65. The zero-order valence-corrected chi connectivity index (χ0v) is 18.6. The monoisotopic (exact) mass is 434 g/mol. The predicted octanol–water partition coefficient (Wildman–Crippen LogP) is 3.66. The van der Waals surface area contributed by atoms with Gasteiger partial charge >= 0.3 is 0 Å². The number of fused-ring (bicyclic) bond motifs is 2. The van der Waals surface area contributed by atoms with Crippen molar-refractivity contribution in [3.8, 4) is 5.75 Å². The number of carbonyl (C=O) groups is 1. The van der Waals surface area contributed by atoms with Crippen molar-refractivity contribution in [3.05, 3.63) is 64.9 Å². The van der Waals surface area contributed by atoms with E-state index in [1.165, 1.54) is 17.5 Å². The van der Waals surface area contributed by atoms with Gasteiger partial charge in [0.1, 0.15) is 11.3 Å². The molecule has 1 aliphatic carbocycles. The van der Waals surface area contributed by atoms with Crippen molar-refractivity contribution in [2.45, 2.75) is 31.7 Å². The minimum Gasteiger partial charge on any atom is -0.497 e. The second kappa shape index (κ2) is 9.35. The highest BCUT2D eigenvalue weighted by Crippen LogP contribution is 2.30. The molecular weight excluding hydrogens is 404 g/mol. The highest BCUT2D eigenvalue weighted by Gasteiger charge is 2.24. The van der Waals surface area contributed by atoms with Gasteiger partial charge in [-0.15, -0.1) is 0 Å². The Morgan fingerprint density at radius 3 is 2.62 bits per heavy atom. The normalized spacial score (nSPS) is 17.3. The average molecular weight is 435 g/mol. The highest BCUT2D eigenvalue weighted by atomic mass is 16.5. The van der Waals surface area contributed by atoms with E-state index in [-0.39, 0.29) is 11.9 Å². The van der Waals surface area contributed by atoms with Crippen molar-refractivity contribution in [3.63, 3.8) is 0 Å². The molecule has 0 bridgehead atoms. The van der Waals surface area contributed by atoms with Gasteiger partial charge in [-0.25, -0.2) is 0 Å². The molecule has 3 aromatic rings. The van der Waals surface area contributed by atoms with Gasteiger partial charge in [0.15, 0.2) is 0 Å². The first-order valence-electron chi connectivity index (χ1n) is 11.5. The van der Waals surface area contributed by atoms with Gasteiger partial charge in [0.2, 0.25) is 5.91 Å². The van der Waals surface area contributed by atoms with Gasteiger partial charge in [-0.1, -0.05) is 12.1 Å². The Morgan fingerprint density at radius 1 is 1.12 bits per heavy atom. The summed E-state index contributed by atoms with van der Waals surface area (Å²) in [7, 11) is 1.67. The summed E-state index contributed by atoms with van der Waals surface area (Å²) in [4.78, 5) is 15.3. The van der Waals surface area contributed by atoms with Crippen molar-refractivity contribution in [2.24, 2.45) is 0 Å². The van der Waals surface area contributed by atoms with Gasteiger partial charge in [-0.2, -0.15) is 0 Å². The number of methoxy groups -OCH3 is 1. The number of carbonyl (C=O) groups excluding carboxylic acids is 1. The van der Waals surface area contributed by atoms with Crippen molar-refractivity contribution >= 4 is 16.9 Å². The first kappa shape index (κ1) is 21.0. The van der Waals surface area contributed by atoms with Crippen LogP contribution in [0.25, 0.3) is 11.0 Å².